The van der Waals surface area contributed by atoms with Crippen LogP contribution < -0.4 is 14.8 Å². The van der Waals surface area contributed by atoms with Gasteiger partial charge in [0.25, 0.3) is 5.91 Å². The Hall–Kier alpha value is -2.75. The molecule has 0 saturated heterocycles. The van der Waals surface area contributed by atoms with Gasteiger partial charge in [-0.25, -0.2) is 0 Å². The summed E-state index contributed by atoms with van der Waals surface area (Å²) in [6.45, 7) is 6.04. The van der Waals surface area contributed by atoms with Gasteiger partial charge in [-0.2, -0.15) is 0 Å². The van der Waals surface area contributed by atoms with E-state index >= 15 is 0 Å². The van der Waals surface area contributed by atoms with Gasteiger partial charge in [-0.05, 0) is 36.8 Å². The summed E-state index contributed by atoms with van der Waals surface area (Å²) in [6, 6.07) is 14.3. The number of carbonyl (C=O) groups is 1. The maximum absolute atomic E-state index is 12.4. The third-order valence-corrected chi connectivity index (χ3v) is 2.93. The van der Waals surface area contributed by atoms with Gasteiger partial charge in [0, 0.05) is 11.8 Å². The molecule has 2 aromatic carbocycles. The molecule has 0 fully saturated rings. The average molecular weight is 297 g/mol. The Kier molecular flexibility index (Phi) is 5.20. The molecule has 22 heavy (non-hydrogen) atoms. The van der Waals surface area contributed by atoms with Gasteiger partial charge in [0.05, 0.1) is 12.7 Å². The molecular formula is C18H19NO3. The molecule has 114 valence electrons. The summed E-state index contributed by atoms with van der Waals surface area (Å²) in [4.78, 5) is 12.4. The van der Waals surface area contributed by atoms with E-state index in [2.05, 4.69) is 11.9 Å². The van der Waals surface area contributed by atoms with Crippen molar-refractivity contribution in [2.75, 3.05) is 19.0 Å². The van der Waals surface area contributed by atoms with Crippen molar-refractivity contribution in [3.8, 4) is 11.5 Å². The maximum atomic E-state index is 12.4. The van der Waals surface area contributed by atoms with Crippen LogP contribution in [0.25, 0.3) is 0 Å². The van der Waals surface area contributed by atoms with Crippen LogP contribution in [0.5, 0.6) is 11.5 Å². The number of hydrogen-bond acceptors (Lipinski definition) is 3. The lowest BCUT2D eigenvalue weighted by atomic mass is 10.1. The van der Waals surface area contributed by atoms with Crippen LogP contribution in [0.2, 0.25) is 0 Å². The monoisotopic (exact) mass is 297 g/mol. The summed E-state index contributed by atoms with van der Waals surface area (Å²) in [6.07, 6.45) is 0. The highest BCUT2D eigenvalue weighted by atomic mass is 16.5. The SMILES string of the molecule is C=C(C)COc1ccccc1C(=O)Nc1cccc(OC)c1. The van der Waals surface area contributed by atoms with E-state index in [1.807, 2.05) is 25.1 Å². The number of para-hydroxylation sites is 1. The second-order valence-corrected chi connectivity index (χ2v) is 4.93. The second kappa shape index (κ2) is 7.31. The number of methoxy groups -OCH3 is 1. The molecule has 0 aliphatic rings. The van der Waals surface area contributed by atoms with Gasteiger partial charge in [0.1, 0.15) is 18.1 Å². The predicted molar refractivity (Wildman–Crippen MR) is 87.7 cm³/mol. The van der Waals surface area contributed by atoms with Crippen molar-refractivity contribution in [1.82, 2.24) is 0 Å². The number of rotatable bonds is 6. The van der Waals surface area contributed by atoms with Crippen molar-refractivity contribution in [3.63, 3.8) is 0 Å². The first kappa shape index (κ1) is 15.6. The zero-order valence-electron chi connectivity index (χ0n) is 12.8. The molecule has 1 amide bonds. The molecule has 0 aromatic heterocycles. The van der Waals surface area contributed by atoms with Gasteiger partial charge >= 0.3 is 0 Å². The zero-order valence-corrected chi connectivity index (χ0v) is 12.8. The van der Waals surface area contributed by atoms with E-state index in [1.165, 1.54) is 0 Å². The molecule has 4 heteroatoms. The van der Waals surface area contributed by atoms with Crippen LogP contribution in [0.15, 0.2) is 60.7 Å². The normalized spacial score (nSPS) is 9.91. The topological polar surface area (TPSA) is 47.6 Å². The van der Waals surface area contributed by atoms with E-state index < -0.39 is 0 Å². The highest BCUT2D eigenvalue weighted by molar-refractivity contribution is 6.06. The first-order chi connectivity index (χ1) is 10.6. The molecule has 0 spiro atoms. The minimum Gasteiger partial charge on any atom is -0.497 e. The standard InChI is InChI=1S/C18H19NO3/c1-13(2)12-22-17-10-5-4-9-16(17)18(20)19-14-7-6-8-15(11-14)21-3/h4-11H,1,12H2,2-3H3,(H,19,20). The molecular weight excluding hydrogens is 278 g/mol. The Balaban J connectivity index is 2.16. The van der Waals surface area contributed by atoms with Crippen molar-refractivity contribution >= 4 is 11.6 Å². The van der Waals surface area contributed by atoms with Crippen molar-refractivity contribution in [2.24, 2.45) is 0 Å². The van der Waals surface area contributed by atoms with Crippen molar-refractivity contribution in [1.29, 1.82) is 0 Å². The number of nitrogens with one attached hydrogen (secondary N) is 1. The Morgan fingerprint density at radius 2 is 1.95 bits per heavy atom. The highest BCUT2D eigenvalue weighted by Gasteiger charge is 2.12. The molecule has 0 aliphatic heterocycles. The number of benzene rings is 2. The van der Waals surface area contributed by atoms with Crippen LogP contribution in [-0.4, -0.2) is 19.6 Å². The van der Waals surface area contributed by atoms with Crippen LogP contribution in [0, 0.1) is 0 Å². The van der Waals surface area contributed by atoms with Crippen molar-refractivity contribution in [2.45, 2.75) is 6.92 Å². The van der Waals surface area contributed by atoms with Crippen molar-refractivity contribution in [3.05, 3.63) is 66.2 Å². The largest absolute Gasteiger partial charge is 0.497 e. The molecule has 0 atom stereocenters. The van der Waals surface area contributed by atoms with Crippen LogP contribution >= 0.6 is 0 Å². The van der Waals surface area contributed by atoms with E-state index in [4.69, 9.17) is 9.47 Å². The van der Waals surface area contributed by atoms with E-state index in [9.17, 15) is 4.79 Å². The smallest absolute Gasteiger partial charge is 0.259 e. The fourth-order valence-corrected chi connectivity index (χ4v) is 1.88. The van der Waals surface area contributed by atoms with Crippen LogP contribution in [-0.2, 0) is 0 Å². The Labute approximate surface area is 130 Å². The maximum Gasteiger partial charge on any atom is 0.259 e. The second-order valence-electron chi connectivity index (χ2n) is 4.93. The van der Waals surface area contributed by atoms with Gasteiger partial charge in [0.2, 0.25) is 0 Å². The molecule has 0 radical (unpaired) electrons. The minimum atomic E-state index is -0.231. The van der Waals surface area contributed by atoms with Crippen LogP contribution in [0.3, 0.4) is 0 Å². The summed E-state index contributed by atoms with van der Waals surface area (Å²) in [7, 11) is 1.59. The molecule has 4 nitrogen and oxygen atoms in total. The van der Waals surface area contributed by atoms with E-state index in [-0.39, 0.29) is 5.91 Å². The first-order valence-electron chi connectivity index (χ1n) is 6.92. The van der Waals surface area contributed by atoms with E-state index in [0.29, 0.717) is 29.4 Å². The molecule has 2 rings (SSSR count). The Bertz CT molecular complexity index is 680. The Morgan fingerprint density at radius 3 is 2.68 bits per heavy atom. The molecule has 2 aromatic rings. The molecule has 0 bridgehead atoms. The fraction of sp³-hybridized carbons (Fsp3) is 0.167. The molecule has 0 unspecified atom stereocenters. The number of anilines is 1. The first-order valence-corrected chi connectivity index (χ1v) is 6.92. The third kappa shape index (κ3) is 4.12. The lowest BCUT2D eigenvalue weighted by Gasteiger charge is -2.12. The summed E-state index contributed by atoms with van der Waals surface area (Å²) < 4.78 is 10.8. The van der Waals surface area contributed by atoms with E-state index in [0.717, 1.165) is 5.57 Å². The summed E-state index contributed by atoms with van der Waals surface area (Å²) in [5, 5.41) is 2.84. The number of ether oxygens (including phenoxy) is 2. The van der Waals surface area contributed by atoms with Gasteiger partial charge in [-0.3, -0.25) is 4.79 Å². The number of amides is 1. The van der Waals surface area contributed by atoms with E-state index in [1.54, 1.807) is 37.4 Å². The number of hydrogen-bond donors (Lipinski definition) is 1. The zero-order chi connectivity index (χ0) is 15.9. The third-order valence-electron chi connectivity index (χ3n) is 2.93. The summed E-state index contributed by atoms with van der Waals surface area (Å²) >= 11 is 0. The Morgan fingerprint density at radius 1 is 1.18 bits per heavy atom. The summed E-state index contributed by atoms with van der Waals surface area (Å²) in [5.74, 6) is 0.987. The van der Waals surface area contributed by atoms with Gasteiger partial charge in [-0.15, -0.1) is 0 Å². The van der Waals surface area contributed by atoms with Gasteiger partial charge in [-0.1, -0.05) is 24.8 Å². The minimum absolute atomic E-state index is 0.231. The fourth-order valence-electron chi connectivity index (χ4n) is 1.88. The lowest BCUT2D eigenvalue weighted by Crippen LogP contribution is -2.14. The molecule has 0 saturated carbocycles. The average Bonchev–Trinajstić information content (AvgIpc) is 2.53. The number of carbonyl (C=O) groups excluding carboxylic acids is 1. The lowest BCUT2D eigenvalue weighted by molar-refractivity contribution is 0.102. The van der Waals surface area contributed by atoms with Crippen LogP contribution in [0.4, 0.5) is 5.69 Å². The highest BCUT2D eigenvalue weighted by Crippen LogP contribution is 2.22. The van der Waals surface area contributed by atoms with Crippen molar-refractivity contribution < 1.29 is 14.3 Å². The molecule has 1 N–H and O–H groups in total. The van der Waals surface area contributed by atoms with Crippen LogP contribution in [0.1, 0.15) is 17.3 Å². The molecule has 0 aliphatic carbocycles. The predicted octanol–water partition coefficient (Wildman–Crippen LogP) is 3.90. The summed E-state index contributed by atoms with van der Waals surface area (Å²) in [5.41, 5.74) is 2.04. The van der Waals surface area contributed by atoms with Gasteiger partial charge < -0.3 is 14.8 Å². The van der Waals surface area contributed by atoms with Gasteiger partial charge in [0.15, 0.2) is 0 Å². The molecule has 0 heterocycles. The quantitative estimate of drug-likeness (QED) is 0.823.